The number of ether oxygens (including phenoxy) is 1. The van der Waals surface area contributed by atoms with E-state index in [1.807, 2.05) is 18.2 Å². The minimum atomic E-state index is -3.78. The van der Waals surface area contributed by atoms with E-state index in [0.29, 0.717) is 26.1 Å². The topological polar surface area (TPSA) is 110 Å². The molecule has 178 valence electrons. The SMILES string of the molecule is CO/N=C1\CCc2cc(OCCCCCN3CCN(c4cc(N)ncc4F)S3(=O)=O)ccc21. The predicted octanol–water partition coefficient (Wildman–Crippen LogP) is 2.72. The fraction of sp³-hybridized carbons (Fsp3) is 0.455. The number of aromatic nitrogens is 1. The number of halogens is 1. The number of nitrogens with two attached hydrogens (primary N) is 1. The Balaban J connectivity index is 1.22. The van der Waals surface area contributed by atoms with E-state index in [0.717, 1.165) is 53.2 Å². The molecule has 33 heavy (non-hydrogen) atoms. The molecule has 2 aromatic rings. The van der Waals surface area contributed by atoms with Gasteiger partial charge in [-0.15, -0.1) is 0 Å². The molecule has 0 saturated carbocycles. The smallest absolute Gasteiger partial charge is 0.304 e. The number of hydrogen-bond donors (Lipinski definition) is 1. The number of fused-ring (bicyclic) bond motifs is 1. The van der Waals surface area contributed by atoms with Gasteiger partial charge >= 0.3 is 10.2 Å². The number of benzene rings is 1. The van der Waals surface area contributed by atoms with Crippen molar-refractivity contribution in [2.45, 2.75) is 32.1 Å². The monoisotopic (exact) mass is 477 g/mol. The van der Waals surface area contributed by atoms with E-state index < -0.39 is 16.0 Å². The van der Waals surface area contributed by atoms with Crippen molar-refractivity contribution in [3.05, 3.63) is 47.4 Å². The summed E-state index contributed by atoms with van der Waals surface area (Å²) < 4.78 is 48.0. The van der Waals surface area contributed by atoms with E-state index in [1.54, 1.807) is 7.11 Å². The highest BCUT2D eigenvalue weighted by atomic mass is 32.2. The van der Waals surface area contributed by atoms with Crippen molar-refractivity contribution in [3.8, 4) is 5.75 Å². The third kappa shape index (κ3) is 5.03. The van der Waals surface area contributed by atoms with E-state index in [1.165, 1.54) is 15.9 Å². The van der Waals surface area contributed by atoms with Crippen molar-refractivity contribution < 1.29 is 22.4 Å². The third-order valence-electron chi connectivity index (χ3n) is 5.82. The largest absolute Gasteiger partial charge is 0.494 e. The lowest BCUT2D eigenvalue weighted by atomic mass is 10.1. The van der Waals surface area contributed by atoms with Crippen LogP contribution in [0.4, 0.5) is 15.9 Å². The molecule has 1 fully saturated rings. The molecule has 9 nitrogen and oxygen atoms in total. The number of nitrogens with zero attached hydrogens (tertiary/aromatic N) is 4. The number of pyridine rings is 1. The molecule has 2 aliphatic rings. The lowest BCUT2D eigenvalue weighted by molar-refractivity contribution is 0.213. The van der Waals surface area contributed by atoms with Gasteiger partial charge in [-0.05, 0) is 55.9 Å². The van der Waals surface area contributed by atoms with Gasteiger partial charge in [0.05, 0.1) is 24.2 Å². The maximum atomic E-state index is 14.1. The Hall–Kier alpha value is -2.92. The van der Waals surface area contributed by atoms with Crippen LogP contribution in [0.2, 0.25) is 0 Å². The Bertz CT molecular complexity index is 1140. The molecular weight excluding hydrogens is 449 g/mol. The average Bonchev–Trinajstić information content (AvgIpc) is 3.32. The van der Waals surface area contributed by atoms with Crippen LogP contribution < -0.4 is 14.8 Å². The molecule has 0 spiro atoms. The Morgan fingerprint density at radius 3 is 2.85 bits per heavy atom. The summed E-state index contributed by atoms with van der Waals surface area (Å²) in [4.78, 5) is 8.54. The van der Waals surface area contributed by atoms with Gasteiger partial charge in [0.2, 0.25) is 0 Å². The quantitative estimate of drug-likeness (QED) is 0.439. The van der Waals surface area contributed by atoms with E-state index in [9.17, 15) is 12.8 Å². The van der Waals surface area contributed by atoms with Crippen molar-refractivity contribution in [3.63, 3.8) is 0 Å². The summed E-state index contributed by atoms with van der Waals surface area (Å²) >= 11 is 0. The molecule has 0 unspecified atom stereocenters. The molecule has 1 aromatic carbocycles. The van der Waals surface area contributed by atoms with Gasteiger partial charge < -0.3 is 15.3 Å². The summed E-state index contributed by atoms with van der Waals surface area (Å²) in [5.41, 5.74) is 8.82. The first-order valence-electron chi connectivity index (χ1n) is 10.9. The van der Waals surface area contributed by atoms with Gasteiger partial charge in [-0.1, -0.05) is 5.16 Å². The number of hydrogen-bond acceptors (Lipinski definition) is 7. The van der Waals surface area contributed by atoms with Crippen LogP contribution >= 0.6 is 0 Å². The molecule has 2 N–H and O–H groups in total. The second kappa shape index (κ2) is 9.92. The Labute approximate surface area is 193 Å². The molecule has 11 heteroatoms. The summed E-state index contributed by atoms with van der Waals surface area (Å²) in [6, 6.07) is 7.24. The van der Waals surface area contributed by atoms with Crippen molar-refractivity contribution in [2.24, 2.45) is 5.16 Å². The first kappa shape index (κ1) is 23.2. The second-order valence-electron chi connectivity index (χ2n) is 7.99. The van der Waals surface area contributed by atoms with Crippen LogP contribution in [0.1, 0.15) is 36.8 Å². The molecule has 1 aromatic heterocycles. The van der Waals surface area contributed by atoms with Gasteiger partial charge in [0.15, 0.2) is 5.82 Å². The molecule has 1 aliphatic heterocycles. The number of nitrogen functional groups attached to an aromatic ring is 1. The van der Waals surface area contributed by atoms with Crippen molar-refractivity contribution in [2.75, 3.05) is 43.4 Å². The molecule has 1 aliphatic carbocycles. The highest BCUT2D eigenvalue weighted by Gasteiger charge is 2.37. The van der Waals surface area contributed by atoms with Crippen LogP contribution in [0, 0.1) is 5.82 Å². The molecule has 0 radical (unpaired) electrons. The summed E-state index contributed by atoms with van der Waals surface area (Å²) in [6.07, 6.45) is 5.05. The summed E-state index contributed by atoms with van der Waals surface area (Å²) in [5, 5.41) is 4.06. The molecule has 1 saturated heterocycles. The summed E-state index contributed by atoms with van der Waals surface area (Å²) in [6.45, 7) is 1.42. The summed E-state index contributed by atoms with van der Waals surface area (Å²) in [7, 11) is -2.23. The van der Waals surface area contributed by atoms with Gasteiger partial charge in [0.1, 0.15) is 18.7 Å². The number of anilines is 2. The lowest BCUT2D eigenvalue weighted by Gasteiger charge is -2.20. The zero-order valence-corrected chi connectivity index (χ0v) is 19.4. The van der Waals surface area contributed by atoms with Crippen LogP contribution in [0.15, 0.2) is 35.6 Å². The number of unbranched alkanes of at least 4 members (excludes halogenated alkanes) is 2. The zero-order valence-electron chi connectivity index (χ0n) is 18.5. The van der Waals surface area contributed by atoms with Gasteiger partial charge in [-0.2, -0.15) is 12.7 Å². The second-order valence-corrected chi connectivity index (χ2v) is 9.84. The van der Waals surface area contributed by atoms with Gasteiger partial charge in [0.25, 0.3) is 0 Å². The highest BCUT2D eigenvalue weighted by Crippen LogP contribution is 2.29. The van der Waals surface area contributed by atoms with E-state index in [4.69, 9.17) is 15.3 Å². The van der Waals surface area contributed by atoms with Crippen LogP contribution in [0.5, 0.6) is 5.75 Å². The van der Waals surface area contributed by atoms with Crippen LogP contribution in [-0.2, 0) is 21.5 Å². The number of aryl methyl sites for hydroxylation is 1. The normalized spacial score (nSPS) is 18.6. The Kier molecular flexibility index (Phi) is 6.99. The fourth-order valence-electron chi connectivity index (χ4n) is 4.18. The van der Waals surface area contributed by atoms with Crippen molar-refractivity contribution >= 4 is 27.4 Å². The van der Waals surface area contributed by atoms with Gasteiger partial charge in [-0.25, -0.2) is 9.37 Å². The molecule has 2 heterocycles. The van der Waals surface area contributed by atoms with Crippen molar-refractivity contribution in [1.29, 1.82) is 0 Å². The van der Waals surface area contributed by atoms with Gasteiger partial charge in [-0.3, -0.25) is 4.31 Å². The minimum Gasteiger partial charge on any atom is -0.494 e. The van der Waals surface area contributed by atoms with Crippen LogP contribution in [-0.4, -0.2) is 56.8 Å². The molecule has 0 bridgehead atoms. The average molecular weight is 478 g/mol. The molecule has 0 amide bonds. The lowest BCUT2D eigenvalue weighted by Crippen LogP contribution is -2.34. The Morgan fingerprint density at radius 1 is 1.18 bits per heavy atom. The Morgan fingerprint density at radius 2 is 2.03 bits per heavy atom. The van der Waals surface area contributed by atoms with Crippen LogP contribution in [0.25, 0.3) is 0 Å². The molecule has 4 rings (SSSR count). The predicted molar refractivity (Wildman–Crippen MR) is 124 cm³/mol. The van der Waals surface area contributed by atoms with Gasteiger partial charge in [0, 0.05) is 31.3 Å². The first-order valence-corrected chi connectivity index (χ1v) is 12.3. The number of oxime groups is 1. The van der Waals surface area contributed by atoms with E-state index in [-0.39, 0.29) is 18.1 Å². The molecular formula is C22H28FN5O4S. The maximum absolute atomic E-state index is 14.1. The third-order valence-corrected chi connectivity index (χ3v) is 7.78. The first-order chi connectivity index (χ1) is 15.9. The van der Waals surface area contributed by atoms with E-state index in [2.05, 4.69) is 10.1 Å². The number of rotatable bonds is 9. The van der Waals surface area contributed by atoms with Crippen LogP contribution in [0.3, 0.4) is 0 Å². The zero-order chi connectivity index (χ0) is 23.4. The fourth-order valence-corrected chi connectivity index (χ4v) is 5.83. The standard InChI is InChI=1S/C22H28FN5O4S/c1-31-26-20-8-5-16-13-17(6-7-18(16)20)32-12-4-2-3-9-27-10-11-28(33(27,29)30)21-14-22(24)25-15-19(21)23/h6-7,13-15H,2-5,8-12H2,1H3,(H2,24,25)/b26-20+. The highest BCUT2D eigenvalue weighted by molar-refractivity contribution is 7.90. The van der Waals surface area contributed by atoms with Crippen molar-refractivity contribution in [1.82, 2.24) is 9.29 Å². The minimum absolute atomic E-state index is 0.0617. The van der Waals surface area contributed by atoms with E-state index >= 15 is 0 Å². The summed E-state index contributed by atoms with van der Waals surface area (Å²) in [5.74, 6) is 0.191. The molecule has 0 atom stereocenters. The maximum Gasteiger partial charge on any atom is 0.304 e.